The fourth-order valence-corrected chi connectivity index (χ4v) is 8.09. The SMILES string of the molecule is CN(C1=N[C@H](C(C)(C)O[Si](C)(C)C(C)(C)C)CC1)C1=N[C@H](C(C)(C)O[Si](C)(C)C(C)(C)C)CC1. The first-order valence-corrected chi connectivity index (χ1v) is 19.1. The quantitative estimate of drug-likeness (QED) is 0.346. The molecule has 0 fully saturated rings. The van der Waals surface area contributed by atoms with Crippen molar-refractivity contribution < 1.29 is 8.85 Å². The van der Waals surface area contributed by atoms with Gasteiger partial charge in [-0.3, -0.25) is 9.98 Å². The van der Waals surface area contributed by atoms with E-state index in [1.807, 2.05) is 0 Å². The standard InChI is InChI=1S/C27H55N3O2Si2/c1-24(2,3)33(12,13)31-26(7,8)20-16-18-22(28-20)30(11)23-19-17-21(29-23)27(9,10)32-34(14,15)25(4,5)6/h20-21H,16-19H2,1-15H3/t20-,21-/m0/s1. The highest BCUT2D eigenvalue weighted by Gasteiger charge is 2.47. The van der Waals surface area contributed by atoms with Crippen LogP contribution in [0.25, 0.3) is 0 Å². The molecule has 2 rings (SSSR count). The number of hydrogen-bond acceptors (Lipinski definition) is 5. The van der Waals surface area contributed by atoms with E-state index in [-0.39, 0.29) is 33.4 Å². The van der Waals surface area contributed by atoms with Gasteiger partial charge in [-0.2, -0.15) is 0 Å². The average Bonchev–Trinajstić information content (AvgIpc) is 3.28. The second-order valence-corrected chi connectivity index (χ2v) is 24.1. The zero-order valence-electron chi connectivity index (χ0n) is 25.1. The summed E-state index contributed by atoms with van der Waals surface area (Å²) in [6.07, 6.45) is 4.05. The van der Waals surface area contributed by atoms with E-state index in [1.54, 1.807) is 0 Å². The molecule has 0 spiro atoms. The van der Waals surface area contributed by atoms with Crippen LogP contribution in [0.15, 0.2) is 9.98 Å². The van der Waals surface area contributed by atoms with Gasteiger partial charge in [0.15, 0.2) is 16.6 Å². The number of nitrogens with zero attached hydrogens (tertiary/aromatic N) is 3. The van der Waals surface area contributed by atoms with Crippen LogP contribution in [0.5, 0.6) is 0 Å². The number of hydrogen-bond donors (Lipinski definition) is 0. The van der Waals surface area contributed by atoms with E-state index in [0.717, 1.165) is 37.4 Å². The van der Waals surface area contributed by atoms with Crippen molar-refractivity contribution in [1.29, 1.82) is 0 Å². The molecule has 0 N–H and O–H groups in total. The maximum Gasteiger partial charge on any atom is 0.192 e. The van der Waals surface area contributed by atoms with Crippen LogP contribution in [-0.2, 0) is 8.85 Å². The Bertz CT molecular complexity index is 736. The van der Waals surface area contributed by atoms with Gasteiger partial charge in [-0.15, -0.1) is 0 Å². The lowest BCUT2D eigenvalue weighted by Crippen LogP contribution is -2.51. The molecule has 0 aromatic carbocycles. The molecule has 7 heteroatoms. The molecule has 0 aliphatic carbocycles. The fraction of sp³-hybridized carbons (Fsp3) is 0.926. The molecular formula is C27H55N3O2Si2. The predicted molar refractivity (Wildman–Crippen MR) is 153 cm³/mol. The van der Waals surface area contributed by atoms with Crippen LogP contribution in [0.1, 0.15) is 94.9 Å². The van der Waals surface area contributed by atoms with Crippen molar-refractivity contribution in [2.24, 2.45) is 9.98 Å². The topological polar surface area (TPSA) is 46.4 Å². The highest BCUT2D eigenvalue weighted by Crippen LogP contribution is 2.43. The van der Waals surface area contributed by atoms with Crippen LogP contribution in [-0.4, -0.2) is 63.5 Å². The summed E-state index contributed by atoms with van der Waals surface area (Å²) in [4.78, 5) is 12.6. The van der Waals surface area contributed by atoms with Crippen LogP contribution >= 0.6 is 0 Å². The summed E-state index contributed by atoms with van der Waals surface area (Å²) < 4.78 is 13.7. The Balaban J connectivity index is 2.14. The smallest absolute Gasteiger partial charge is 0.192 e. The highest BCUT2D eigenvalue weighted by atomic mass is 28.4. The molecule has 0 amide bonds. The van der Waals surface area contributed by atoms with Crippen molar-refractivity contribution in [2.75, 3.05) is 7.05 Å². The Morgan fingerprint density at radius 1 is 0.647 bits per heavy atom. The van der Waals surface area contributed by atoms with Gasteiger partial charge >= 0.3 is 0 Å². The average molecular weight is 510 g/mol. The first-order valence-electron chi connectivity index (χ1n) is 13.3. The molecule has 2 atom stereocenters. The second-order valence-electron chi connectivity index (χ2n) is 14.7. The third kappa shape index (κ3) is 6.43. The third-order valence-electron chi connectivity index (χ3n) is 8.92. The van der Waals surface area contributed by atoms with Gasteiger partial charge in [0.2, 0.25) is 0 Å². The van der Waals surface area contributed by atoms with E-state index < -0.39 is 16.6 Å². The molecule has 198 valence electrons. The molecule has 0 unspecified atom stereocenters. The van der Waals surface area contributed by atoms with Gasteiger partial charge in [-0.05, 0) is 76.8 Å². The van der Waals surface area contributed by atoms with Gasteiger partial charge in [0.05, 0.1) is 23.3 Å². The minimum atomic E-state index is -1.86. The van der Waals surface area contributed by atoms with Crippen molar-refractivity contribution in [3.05, 3.63) is 0 Å². The van der Waals surface area contributed by atoms with Gasteiger partial charge in [0, 0.05) is 19.9 Å². The molecule has 0 saturated carbocycles. The van der Waals surface area contributed by atoms with Crippen LogP contribution in [0.3, 0.4) is 0 Å². The van der Waals surface area contributed by atoms with E-state index in [0.29, 0.717) is 0 Å². The molecule has 2 aliphatic heterocycles. The second kappa shape index (κ2) is 9.42. The summed E-state index contributed by atoms with van der Waals surface area (Å²) >= 11 is 0. The van der Waals surface area contributed by atoms with Gasteiger partial charge < -0.3 is 13.8 Å². The van der Waals surface area contributed by atoms with Crippen LogP contribution in [0.4, 0.5) is 0 Å². The Morgan fingerprint density at radius 2 is 0.941 bits per heavy atom. The van der Waals surface area contributed by atoms with E-state index in [4.69, 9.17) is 18.8 Å². The molecule has 2 aliphatic rings. The fourth-order valence-electron chi connectivity index (χ4n) is 4.57. The third-order valence-corrected chi connectivity index (χ3v) is 18.2. The number of aliphatic imine (C=N–C) groups is 2. The normalized spacial score (nSPS) is 23.3. The minimum absolute atomic E-state index is 0.190. The highest BCUT2D eigenvalue weighted by molar-refractivity contribution is 6.74. The van der Waals surface area contributed by atoms with Crippen LogP contribution < -0.4 is 0 Å². The van der Waals surface area contributed by atoms with Crippen LogP contribution in [0, 0.1) is 0 Å². The summed E-state index contributed by atoms with van der Waals surface area (Å²) in [5.74, 6) is 2.30. The molecule has 0 bridgehead atoms. The zero-order valence-corrected chi connectivity index (χ0v) is 27.1. The summed E-state index contributed by atoms with van der Waals surface area (Å²) in [6.45, 7) is 32.1. The predicted octanol–water partition coefficient (Wildman–Crippen LogP) is 7.64. The first-order chi connectivity index (χ1) is 15.0. The lowest BCUT2D eigenvalue weighted by Gasteiger charge is -2.44. The Labute approximate surface area is 213 Å². The van der Waals surface area contributed by atoms with Gasteiger partial charge in [0.1, 0.15) is 11.7 Å². The molecule has 0 saturated heterocycles. The zero-order chi connectivity index (χ0) is 26.5. The van der Waals surface area contributed by atoms with E-state index >= 15 is 0 Å². The molecular weight excluding hydrogens is 454 g/mol. The number of rotatable bonds is 6. The Hall–Kier alpha value is -0.506. The van der Waals surface area contributed by atoms with Gasteiger partial charge in [-0.1, -0.05) is 41.5 Å². The molecule has 34 heavy (non-hydrogen) atoms. The molecule has 5 nitrogen and oxygen atoms in total. The lowest BCUT2D eigenvalue weighted by molar-refractivity contribution is 0.0648. The number of amidine groups is 2. The molecule has 0 radical (unpaired) electrons. The summed E-state index contributed by atoms with van der Waals surface area (Å²) in [6, 6.07) is 0.380. The summed E-state index contributed by atoms with van der Waals surface area (Å²) in [5.41, 5.74) is -0.519. The maximum atomic E-state index is 6.83. The van der Waals surface area contributed by atoms with E-state index in [1.165, 1.54) is 0 Å². The largest absolute Gasteiger partial charge is 0.410 e. The Kier molecular flexibility index (Phi) is 8.23. The van der Waals surface area contributed by atoms with Gasteiger partial charge in [-0.25, -0.2) is 0 Å². The molecule has 0 aromatic heterocycles. The first kappa shape index (κ1) is 29.7. The van der Waals surface area contributed by atoms with Crippen molar-refractivity contribution in [3.8, 4) is 0 Å². The van der Waals surface area contributed by atoms with Crippen molar-refractivity contribution in [2.45, 2.75) is 154 Å². The summed E-state index contributed by atoms with van der Waals surface area (Å²) in [7, 11) is -1.58. The monoisotopic (exact) mass is 509 g/mol. The molecule has 0 aromatic rings. The lowest BCUT2D eigenvalue weighted by atomic mass is 9.97. The maximum absolute atomic E-state index is 6.83. The van der Waals surface area contributed by atoms with Crippen molar-refractivity contribution >= 4 is 28.3 Å². The van der Waals surface area contributed by atoms with Crippen molar-refractivity contribution in [1.82, 2.24) is 4.90 Å². The van der Waals surface area contributed by atoms with Crippen LogP contribution in [0.2, 0.25) is 36.3 Å². The van der Waals surface area contributed by atoms with E-state index in [9.17, 15) is 0 Å². The Morgan fingerprint density at radius 3 is 1.21 bits per heavy atom. The molecule has 2 heterocycles. The van der Waals surface area contributed by atoms with Crippen molar-refractivity contribution in [3.63, 3.8) is 0 Å². The van der Waals surface area contributed by atoms with E-state index in [2.05, 4.69) is 107 Å². The summed E-state index contributed by atoms with van der Waals surface area (Å²) in [5, 5.41) is 0.387. The van der Waals surface area contributed by atoms with Gasteiger partial charge in [0.25, 0.3) is 0 Å². The minimum Gasteiger partial charge on any atom is -0.410 e.